The Morgan fingerprint density at radius 1 is 1.37 bits per heavy atom. The molecule has 2 aromatic rings. The Bertz CT molecular complexity index is 769. The van der Waals surface area contributed by atoms with Crippen molar-refractivity contribution in [3.05, 3.63) is 46.2 Å². The fraction of sp³-hybridized carbons (Fsp3) is 0.571. The number of carbonyl (C=O) groups is 1. The normalized spacial score (nSPS) is 22.6. The number of nitrogens with zero attached hydrogens (tertiary/aromatic N) is 3. The van der Waals surface area contributed by atoms with Crippen LogP contribution in [-0.4, -0.2) is 33.9 Å². The molecule has 2 aromatic heterocycles. The first-order valence-corrected chi connectivity index (χ1v) is 10.9. The van der Waals surface area contributed by atoms with Crippen molar-refractivity contribution < 1.29 is 4.79 Å². The molecule has 0 bridgehead atoms. The summed E-state index contributed by atoms with van der Waals surface area (Å²) in [5.74, 6) is 0.273. The first kappa shape index (κ1) is 18.6. The molecule has 1 aliphatic carbocycles. The van der Waals surface area contributed by atoms with Crippen LogP contribution in [0, 0.1) is 12.8 Å². The van der Waals surface area contributed by atoms with Crippen LogP contribution in [0.15, 0.2) is 29.9 Å². The van der Waals surface area contributed by atoms with Gasteiger partial charge in [-0.1, -0.05) is 18.9 Å². The van der Waals surface area contributed by atoms with Gasteiger partial charge in [0.05, 0.1) is 11.5 Å². The van der Waals surface area contributed by atoms with Crippen LogP contribution >= 0.6 is 11.3 Å². The van der Waals surface area contributed by atoms with E-state index in [1.165, 1.54) is 5.56 Å². The summed E-state index contributed by atoms with van der Waals surface area (Å²) in [6.45, 7) is 4.78. The van der Waals surface area contributed by atoms with Gasteiger partial charge >= 0.3 is 0 Å². The average molecular weight is 385 g/mol. The van der Waals surface area contributed by atoms with Crippen molar-refractivity contribution >= 4 is 17.2 Å². The van der Waals surface area contributed by atoms with Gasteiger partial charge in [0.2, 0.25) is 5.91 Å². The fourth-order valence-corrected chi connectivity index (χ4v) is 5.46. The summed E-state index contributed by atoms with van der Waals surface area (Å²) < 4.78 is 0. The summed E-state index contributed by atoms with van der Waals surface area (Å²) in [4.78, 5) is 24.5. The number of amides is 1. The number of hydrogen-bond donors (Lipinski definition) is 1. The van der Waals surface area contributed by atoms with Gasteiger partial charge in [-0.15, -0.1) is 11.3 Å². The molecule has 144 valence electrons. The number of thiazole rings is 1. The quantitative estimate of drug-likeness (QED) is 0.855. The molecule has 3 heterocycles. The second kappa shape index (κ2) is 8.07. The van der Waals surface area contributed by atoms with Crippen LogP contribution in [0.1, 0.15) is 54.8 Å². The summed E-state index contributed by atoms with van der Waals surface area (Å²) in [6.07, 6.45) is 10.1. The maximum atomic E-state index is 13.2. The molecule has 4 rings (SSSR count). The van der Waals surface area contributed by atoms with Crippen molar-refractivity contribution in [3.63, 3.8) is 0 Å². The Labute approximate surface area is 165 Å². The lowest BCUT2D eigenvalue weighted by Crippen LogP contribution is -2.50. The van der Waals surface area contributed by atoms with E-state index in [0.29, 0.717) is 0 Å². The number of pyridine rings is 1. The molecule has 0 aromatic carbocycles. The number of aromatic nitrogens is 2. The highest BCUT2D eigenvalue weighted by molar-refractivity contribution is 7.09. The molecule has 1 saturated carbocycles. The van der Waals surface area contributed by atoms with E-state index >= 15 is 0 Å². The molecule has 5 nitrogen and oxygen atoms in total. The van der Waals surface area contributed by atoms with Crippen LogP contribution in [0.3, 0.4) is 0 Å². The topological polar surface area (TPSA) is 58.1 Å². The van der Waals surface area contributed by atoms with Crippen LogP contribution in [0.2, 0.25) is 0 Å². The van der Waals surface area contributed by atoms with Crippen LogP contribution in [0.25, 0.3) is 0 Å². The number of carbonyl (C=O) groups excluding carboxylic acids is 1. The Kier molecular flexibility index (Phi) is 5.55. The molecule has 0 radical (unpaired) electrons. The van der Waals surface area contributed by atoms with E-state index in [2.05, 4.69) is 26.6 Å². The lowest BCUT2D eigenvalue weighted by molar-refractivity contribution is -0.129. The second-order valence-corrected chi connectivity index (χ2v) is 8.87. The third-order valence-electron chi connectivity index (χ3n) is 5.85. The lowest BCUT2D eigenvalue weighted by Gasteiger charge is -2.35. The van der Waals surface area contributed by atoms with E-state index in [1.54, 1.807) is 17.5 Å². The molecular weight excluding hydrogens is 356 g/mol. The van der Waals surface area contributed by atoms with E-state index in [1.807, 2.05) is 19.2 Å². The van der Waals surface area contributed by atoms with Gasteiger partial charge in [-0.25, -0.2) is 4.98 Å². The standard InChI is InChI=1S/C21H28N4OS/c1-16-15-27-20(23-16)21(8-2-3-9-21)24-19(26)18-7-5-11-25(14-18)13-17-6-4-10-22-12-17/h4,6,10,12,15,18H,2-3,5,7-9,11,13-14H2,1H3,(H,24,26). The Morgan fingerprint density at radius 3 is 2.93 bits per heavy atom. The minimum Gasteiger partial charge on any atom is -0.344 e. The van der Waals surface area contributed by atoms with E-state index in [9.17, 15) is 4.79 Å². The van der Waals surface area contributed by atoms with Crippen molar-refractivity contribution in [1.29, 1.82) is 0 Å². The Balaban J connectivity index is 1.42. The van der Waals surface area contributed by atoms with Crippen LogP contribution < -0.4 is 5.32 Å². The predicted molar refractivity (Wildman–Crippen MR) is 107 cm³/mol. The van der Waals surface area contributed by atoms with Gasteiger partial charge in [0.1, 0.15) is 5.01 Å². The largest absolute Gasteiger partial charge is 0.344 e. The third kappa shape index (κ3) is 4.22. The average Bonchev–Trinajstić information content (AvgIpc) is 3.33. The van der Waals surface area contributed by atoms with Gasteiger partial charge in [0, 0.05) is 36.6 Å². The highest BCUT2D eigenvalue weighted by atomic mass is 32.1. The van der Waals surface area contributed by atoms with Crippen molar-refractivity contribution in [2.24, 2.45) is 5.92 Å². The maximum absolute atomic E-state index is 13.2. The third-order valence-corrected chi connectivity index (χ3v) is 7.02. The SMILES string of the molecule is Cc1csc(C2(NC(=O)C3CCCN(Cc4cccnc4)C3)CCCC2)n1. The van der Waals surface area contributed by atoms with Gasteiger partial charge < -0.3 is 5.32 Å². The molecule has 27 heavy (non-hydrogen) atoms. The highest BCUT2D eigenvalue weighted by Gasteiger charge is 2.41. The molecule has 1 saturated heterocycles. The summed E-state index contributed by atoms with van der Waals surface area (Å²) in [6, 6.07) is 4.08. The van der Waals surface area contributed by atoms with E-state index in [4.69, 9.17) is 4.98 Å². The molecule has 6 heteroatoms. The number of nitrogens with one attached hydrogen (secondary N) is 1. The number of piperidine rings is 1. The summed E-state index contributed by atoms with van der Waals surface area (Å²) in [5.41, 5.74) is 2.03. The van der Waals surface area contributed by atoms with Crippen molar-refractivity contribution in [2.75, 3.05) is 13.1 Å². The minimum absolute atomic E-state index is 0.0638. The number of hydrogen-bond acceptors (Lipinski definition) is 5. The summed E-state index contributed by atoms with van der Waals surface area (Å²) in [5, 5.41) is 6.63. The molecule has 1 unspecified atom stereocenters. The van der Waals surface area contributed by atoms with Gasteiger partial charge in [0.25, 0.3) is 0 Å². The first-order valence-electron chi connectivity index (χ1n) is 10.0. The van der Waals surface area contributed by atoms with E-state index < -0.39 is 0 Å². The zero-order valence-electron chi connectivity index (χ0n) is 16.0. The fourth-order valence-electron chi connectivity index (χ4n) is 4.45. The monoisotopic (exact) mass is 384 g/mol. The second-order valence-electron chi connectivity index (χ2n) is 8.01. The smallest absolute Gasteiger partial charge is 0.225 e. The minimum atomic E-state index is -0.234. The van der Waals surface area contributed by atoms with Crippen LogP contribution in [-0.2, 0) is 16.9 Å². The zero-order chi connectivity index (χ0) is 18.7. The van der Waals surface area contributed by atoms with Crippen molar-refractivity contribution in [3.8, 4) is 0 Å². The van der Waals surface area contributed by atoms with Crippen molar-refractivity contribution in [2.45, 2.75) is 57.5 Å². The Hall–Kier alpha value is -1.79. The number of rotatable bonds is 5. The van der Waals surface area contributed by atoms with Gasteiger partial charge in [-0.2, -0.15) is 0 Å². The molecule has 2 fully saturated rings. The van der Waals surface area contributed by atoms with E-state index in [0.717, 1.165) is 68.9 Å². The Morgan fingerprint density at radius 2 is 2.22 bits per heavy atom. The first-order chi connectivity index (χ1) is 13.1. The molecule has 1 amide bonds. The lowest BCUT2D eigenvalue weighted by atomic mass is 9.93. The maximum Gasteiger partial charge on any atom is 0.225 e. The molecule has 2 aliphatic rings. The predicted octanol–water partition coefficient (Wildman–Crippen LogP) is 3.64. The van der Waals surface area contributed by atoms with Crippen LogP contribution in [0.4, 0.5) is 0 Å². The van der Waals surface area contributed by atoms with E-state index in [-0.39, 0.29) is 17.4 Å². The van der Waals surface area contributed by atoms with Gasteiger partial charge in [-0.05, 0) is 50.8 Å². The molecule has 1 N–H and O–H groups in total. The number of aryl methyl sites for hydroxylation is 1. The number of likely N-dealkylation sites (tertiary alicyclic amines) is 1. The highest BCUT2D eigenvalue weighted by Crippen LogP contribution is 2.40. The molecule has 0 spiro atoms. The summed E-state index contributed by atoms with van der Waals surface area (Å²) in [7, 11) is 0. The van der Waals surface area contributed by atoms with Gasteiger partial charge in [0.15, 0.2) is 0 Å². The molecule has 1 aliphatic heterocycles. The molecular formula is C21H28N4OS. The van der Waals surface area contributed by atoms with Gasteiger partial charge in [-0.3, -0.25) is 14.7 Å². The van der Waals surface area contributed by atoms with Crippen LogP contribution in [0.5, 0.6) is 0 Å². The zero-order valence-corrected chi connectivity index (χ0v) is 16.8. The molecule has 1 atom stereocenters. The summed E-state index contributed by atoms with van der Waals surface area (Å²) >= 11 is 1.69. The van der Waals surface area contributed by atoms with Crippen molar-refractivity contribution in [1.82, 2.24) is 20.2 Å².